The first-order valence-electron chi connectivity index (χ1n) is 11.1. The summed E-state index contributed by atoms with van der Waals surface area (Å²) in [5.74, 6) is -0.612. The number of nitrogens with zero attached hydrogens (tertiary/aromatic N) is 1. The number of alkyl halides is 3. The van der Waals surface area contributed by atoms with Crippen LogP contribution in [0.15, 0.2) is 36.4 Å². The number of hydrogen-bond donors (Lipinski definition) is 1. The van der Waals surface area contributed by atoms with Gasteiger partial charge in [0.05, 0.1) is 28.6 Å². The lowest BCUT2D eigenvalue weighted by molar-refractivity contribution is -0.137. The molecule has 10 heteroatoms. The Morgan fingerprint density at radius 3 is 2.35 bits per heavy atom. The van der Waals surface area contributed by atoms with Gasteiger partial charge < -0.3 is 5.32 Å². The van der Waals surface area contributed by atoms with E-state index in [9.17, 15) is 26.4 Å². The normalized spacial score (nSPS) is 15.9. The van der Waals surface area contributed by atoms with Crippen LogP contribution in [0.5, 0.6) is 0 Å². The number of halogens is 4. The molecule has 0 fully saturated rings. The SMILES string of the molecule is CCC(NC(=O)C(C)N(c1ccc(Cl)c(C(F)(F)F)c1)S(C)(=O)=O)c1ccc2c(c1)CCCC2. The van der Waals surface area contributed by atoms with Crippen LogP contribution in [-0.4, -0.2) is 26.6 Å². The van der Waals surface area contributed by atoms with Crippen LogP contribution >= 0.6 is 11.6 Å². The van der Waals surface area contributed by atoms with Gasteiger partial charge in [-0.05, 0) is 73.9 Å². The molecule has 0 heterocycles. The number of benzene rings is 2. The number of carbonyl (C=O) groups is 1. The van der Waals surface area contributed by atoms with Crippen molar-refractivity contribution < 1.29 is 26.4 Å². The molecule has 34 heavy (non-hydrogen) atoms. The van der Waals surface area contributed by atoms with Gasteiger partial charge in [-0.1, -0.05) is 36.7 Å². The van der Waals surface area contributed by atoms with E-state index in [0.717, 1.165) is 49.6 Å². The molecule has 0 saturated carbocycles. The average molecular weight is 517 g/mol. The van der Waals surface area contributed by atoms with Crippen LogP contribution in [-0.2, 0) is 33.8 Å². The van der Waals surface area contributed by atoms with Crippen LogP contribution in [0.3, 0.4) is 0 Å². The predicted octanol–water partition coefficient (Wildman–Crippen LogP) is 5.66. The standard InChI is InChI=1S/C24H28ClF3N2O3S/c1-4-22(18-10-9-16-7-5-6-8-17(16)13-18)29-23(31)15(2)30(34(3,32)33)19-11-12-21(25)20(14-19)24(26,27)28/h9-15,22H,4-8H2,1-3H3,(H,29,31). The van der Waals surface area contributed by atoms with Gasteiger partial charge in [0.2, 0.25) is 15.9 Å². The Morgan fingerprint density at radius 1 is 1.12 bits per heavy atom. The number of carbonyl (C=O) groups excluding carboxylic acids is 1. The van der Waals surface area contributed by atoms with Crippen LogP contribution in [0.25, 0.3) is 0 Å². The first kappa shape index (κ1) is 26.3. The van der Waals surface area contributed by atoms with Crippen LogP contribution in [0.4, 0.5) is 18.9 Å². The third kappa shape index (κ3) is 5.86. The summed E-state index contributed by atoms with van der Waals surface area (Å²) in [6, 6.07) is 7.24. The smallest absolute Gasteiger partial charge is 0.347 e. The molecular formula is C24H28ClF3N2O3S. The van der Waals surface area contributed by atoms with E-state index in [1.807, 2.05) is 13.0 Å². The van der Waals surface area contributed by atoms with Gasteiger partial charge in [-0.3, -0.25) is 9.10 Å². The zero-order valence-corrected chi connectivity index (χ0v) is 20.8. The van der Waals surface area contributed by atoms with E-state index < -0.39 is 38.7 Å². The van der Waals surface area contributed by atoms with Crippen LogP contribution in [0.2, 0.25) is 5.02 Å². The molecule has 2 atom stereocenters. The molecule has 1 aliphatic carbocycles. The minimum Gasteiger partial charge on any atom is -0.347 e. The lowest BCUT2D eigenvalue weighted by atomic mass is 9.88. The maximum Gasteiger partial charge on any atom is 0.417 e. The Hall–Kier alpha value is -2.26. The van der Waals surface area contributed by atoms with E-state index in [-0.39, 0.29) is 11.7 Å². The maximum atomic E-state index is 13.3. The third-order valence-electron chi connectivity index (χ3n) is 6.10. The van der Waals surface area contributed by atoms with E-state index in [0.29, 0.717) is 16.8 Å². The molecule has 0 radical (unpaired) electrons. The van der Waals surface area contributed by atoms with E-state index >= 15 is 0 Å². The molecule has 186 valence electrons. The van der Waals surface area contributed by atoms with Gasteiger partial charge in [-0.2, -0.15) is 13.2 Å². The molecule has 1 amide bonds. The molecule has 0 bridgehead atoms. The van der Waals surface area contributed by atoms with Gasteiger partial charge in [0, 0.05) is 0 Å². The molecule has 0 spiro atoms. The molecule has 3 rings (SSSR count). The molecule has 1 N–H and O–H groups in total. The Labute approximate surface area is 203 Å². The van der Waals surface area contributed by atoms with Gasteiger partial charge >= 0.3 is 6.18 Å². The Morgan fingerprint density at radius 2 is 1.76 bits per heavy atom. The Bertz CT molecular complexity index is 1170. The molecule has 5 nitrogen and oxygen atoms in total. The van der Waals surface area contributed by atoms with Crippen molar-refractivity contribution in [2.75, 3.05) is 10.6 Å². The van der Waals surface area contributed by atoms with Crippen LogP contribution < -0.4 is 9.62 Å². The second-order valence-corrected chi connectivity index (χ2v) is 10.9. The summed E-state index contributed by atoms with van der Waals surface area (Å²) in [5, 5.41) is 2.32. The third-order valence-corrected chi connectivity index (χ3v) is 7.67. The number of aryl methyl sites for hydroxylation is 2. The highest BCUT2D eigenvalue weighted by Gasteiger charge is 2.36. The Kier molecular flexibility index (Phi) is 7.87. The van der Waals surface area contributed by atoms with Crippen LogP contribution in [0.1, 0.15) is 61.4 Å². The fourth-order valence-electron chi connectivity index (χ4n) is 4.36. The summed E-state index contributed by atoms with van der Waals surface area (Å²) in [5.41, 5.74) is 2.01. The monoisotopic (exact) mass is 516 g/mol. The minimum atomic E-state index is -4.78. The van der Waals surface area contributed by atoms with Gasteiger partial charge in [0.1, 0.15) is 6.04 Å². The number of fused-ring (bicyclic) bond motifs is 1. The lowest BCUT2D eigenvalue weighted by Crippen LogP contribution is -2.48. The molecular weight excluding hydrogens is 489 g/mol. The van der Waals surface area contributed by atoms with Gasteiger partial charge in [-0.25, -0.2) is 8.42 Å². The van der Waals surface area contributed by atoms with Crippen molar-refractivity contribution in [3.63, 3.8) is 0 Å². The first-order chi connectivity index (χ1) is 15.8. The van der Waals surface area contributed by atoms with Crippen molar-refractivity contribution in [3.05, 3.63) is 63.7 Å². The van der Waals surface area contributed by atoms with Crippen molar-refractivity contribution in [1.82, 2.24) is 5.32 Å². The van der Waals surface area contributed by atoms with Gasteiger partial charge in [0.25, 0.3) is 0 Å². The van der Waals surface area contributed by atoms with Crippen molar-refractivity contribution >= 4 is 33.2 Å². The highest BCUT2D eigenvalue weighted by atomic mass is 35.5. The van der Waals surface area contributed by atoms with Crippen molar-refractivity contribution in [1.29, 1.82) is 0 Å². The number of rotatable bonds is 7. The quantitative estimate of drug-likeness (QED) is 0.516. The predicted molar refractivity (Wildman–Crippen MR) is 127 cm³/mol. The summed E-state index contributed by atoms with van der Waals surface area (Å²) < 4.78 is 65.8. The second kappa shape index (κ2) is 10.2. The summed E-state index contributed by atoms with van der Waals surface area (Å²) in [4.78, 5) is 13.1. The summed E-state index contributed by atoms with van der Waals surface area (Å²) in [6.07, 6.45) is 0.904. The zero-order valence-electron chi connectivity index (χ0n) is 19.2. The summed E-state index contributed by atoms with van der Waals surface area (Å²) >= 11 is 5.68. The van der Waals surface area contributed by atoms with Crippen molar-refractivity contribution in [2.45, 2.75) is 64.2 Å². The average Bonchev–Trinajstić information content (AvgIpc) is 2.76. The topological polar surface area (TPSA) is 66.5 Å². The van der Waals surface area contributed by atoms with Gasteiger partial charge in [0.15, 0.2) is 0 Å². The van der Waals surface area contributed by atoms with Crippen molar-refractivity contribution in [2.24, 2.45) is 0 Å². The minimum absolute atomic E-state index is 0.288. The molecule has 1 aliphatic rings. The largest absolute Gasteiger partial charge is 0.417 e. The van der Waals surface area contributed by atoms with Gasteiger partial charge in [-0.15, -0.1) is 0 Å². The van der Waals surface area contributed by atoms with E-state index in [2.05, 4.69) is 17.4 Å². The molecule has 2 aromatic rings. The number of anilines is 1. The lowest BCUT2D eigenvalue weighted by Gasteiger charge is -2.30. The summed E-state index contributed by atoms with van der Waals surface area (Å²) in [6.45, 7) is 3.25. The maximum absolute atomic E-state index is 13.3. The highest BCUT2D eigenvalue weighted by molar-refractivity contribution is 7.92. The van der Waals surface area contributed by atoms with Crippen molar-refractivity contribution in [3.8, 4) is 0 Å². The fourth-order valence-corrected chi connectivity index (χ4v) is 5.75. The first-order valence-corrected chi connectivity index (χ1v) is 13.3. The number of hydrogen-bond acceptors (Lipinski definition) is 3. The number of sulfonamides is 1. The zero-order chi connectivity index (χ0) is 25.3. The number of nitrogens with one attached hydrogen (secondary N) is 1. The molecule has 0 saturated heterocycles. The molecule has 2 unspecified atom stereocenters. The van der Waals surface area contributed by atoms with Crippen LogP contribution in [0, 0.1) is 0 Å². The number of amides is 1. The highest BCUT2D eigenvalue weighted by Crippen LogP contribution is 2.38. The van der Waals surface area contributed by atoms with E-state index in [1.165, 1.54) is 18.1 Å². The molecule has 0 aromatic heterocycles. The summed E-state index contributed by atoms with van der Waals surface area (Å²) in [7, 11) is -4.09. The second-order valence-electron chi connectivity index (χ2n) is 8.60. The molecule has 0 aliphatic heterocycles. The molecule has 2 aromatic carbocycles. The van der Waals surface area contributed by atoms with E-state index in [4.69, 9.17) is 11.6 Å². The fraction of sp³-hybridized carbons (Fsp3) is 0.458. The van der Waals surface area contributed by atoms with E-state index in [1.54, 1.807) is 0 Å². The Balaban J connectivity index is 1.89.